The monoisotopic (exact) mass is 290 g/mol. The zero-order chi connectivity index (χ0) is 15.1. The van der Waals surface area contributed by atoms with E-state index < -0.39 is 0 Å². The summed E-state index contributed by atoms with van der Waals surface area (Å²) in [4.78, 5) is 18.5. The summed E-state index contributed by atoms with van der Waals surface area (Å²) < 4.78 is 0. The first-order valence-electron chi connectivity index (χ1n) is 7.09. The van der Waals surface area contributed by atoms with Gasteiger partial charge in [0.2, 0.25) is 0 Å². The van der Waals surface area contributed by atoms with Crippen molar-refractivity contribution in [2.24, 2.45) is 0 Å². The number of nitrogens with one attached hydrogen (secondary N) is 2. The van der Waals surface area contributed by atoms with E-state index in [1.54, 1.807) is 6.07 Å². The quantitative estimate of drug-likeness (QED) is 0.531. The molecule has 0 amide bonds. The number of aromatic amines is 2. The molecule has 4 aromatic rings. The molecule has 108 valence electrons. The van der Waals surface area contributed by atoms with E-state index in [1.807, 2.05) is 48.7 Å². The second-order valence-corrected chi connectivity index (χ2v) is 5.34. The van der Waals surface area contributed by atoms with Gasteiger partial charge in [-0.15, -0.1) is 0 Å². The Morgan fingerprint density at radius 2 is 1.82 bits per heavy atom. The van der Waals surface area contributed by atoms with Gasteiger partial charge in [-0.25, -0.2) is 0 Å². The summed E-state index contributed by atoms with van der Waals surface area (Å²) in [6, 6.07) is 15.4. The molecule has 4 heteroatoms. The third-order valence-corrected chi connectivity index (χ3v) is 3.97. The molecule has 2 heterocycles. The van der Waals surface area contributed by atoms with Crippen LogP contribution in [0.25, 0.3) is 32.9 Å². The van der Waals surface area contributed by atoms with Crippen molar-refractivity contribution in [2.45, 2.75) is 6.61 Å². The molecular weight excluding hydrogens is 276 g/mol. The maximum absolute atomic E-state index is 12.4. The van der Waals surface area contributed by atoms with Crippen LogP contribution in [0.1, 0.15) is 5.56 Å². The van der Waals surface area contributed by atoms with Gasteiger partial charge < -0.3 is 15.1 Å². The van der Waals surface area contributed by atoms with E-state index in [9.17, 15) is 9.90 Å². The van der Waals surface area contributed by atoms with Crippen molar-refractivity contribution in [2.75, 3.05) is 0 Å². The smallest absolute Gasteiger partial charge is 0.256 e. The summed E-state index contributed by atoms with van der Waals surface area (Å²) in [5, 5.41) is 11.2. The van der Waals surface area contributed by atoms with Crippen LogP contribution < -0.4 is 5.56 Å². The first-order chi connectivity index (χ1) is 10.8. The molecule has 3 N–H and O–H groups in total. The number of aliphatic hydroxyl groups is 1. The Kier molecular flexibility index (Phi) is 2.84. The molecule has 0 bridgehead atoms. The standard InChI is InChI=1S/C18H14N2O2/c21-10-11-5-6-12-8-14(18(22)20-17(12)7-11)15-9-19-16-4-2-1-3-13(15)16/h1-9,19,21H,10H2,(H,20,22). The minimum atomic E-state index is -0.132. The summed E-state index contributed by atoms with van der Waals surface area (Å²) >= 11 is 0. The average molecular weight is 290 g/mol. The largest absolute Gasteiger partial charge is 0.392 e. The number of rotatable bonds is 2. The van der Waals surface area contributed by atoms with E-state index in [-0.39, 0.29) is 12.2 Å². The molecule has 0 saturated heterocycles. The molecule has 4 rings (SSSR count). The molecule has 0 aliphatic rings. The molecule has 22 heavy (non-hydrogen) atoms. The van der Waals surface area contributed by atoms with Crippen molar-refractivity contribution in [3.8, 4) is 11.1 Å². The van der Waals surface area contributed by atoms with E-state index in [0.29, 0.717) is 5.56 Å². The second-order valence-electron chi connectivity index (χ2n) is 5.34. The van der Waals surface area contributed by atoms with E-state index in [2.05, 4.69) is 9.97 Å². The number of H-pyrrole nitrogens is 2. The third kappa shape index (κ3) is 1.93. The summed E-state index contributed by atoms with van der Waals surface area (Å²) in [5.74, 6) is 0. The fraction of sp³-hybridized carbons (Fsp3) is 0.0556. The molecule has 0 atom stereocenters. The van der Waals surface area contributed by atoms with Gasteiger partial charge in [-0.2, -0.15) is 0 Å². The predicted molar refractivity (Wildman–Crippen MR) is 87.8 cm³/mol. The van der Waals surface area contributed by atoms with Crippen LogP contribution >= 0.6 is 0 Å². The normalized spacial score (nSPS) is 11.3. The van der Waals surface area contributed by atoms with Gasteiger partial charge in [0.25, 0.3) is 5.56 Å². The number of benzene rings is 2. The van der Waals surface area contributed by atoms with Crippen molar-refractivity contribution in [1.29, 1.82) is 0 Å². The van der Waals surface area contributed by atoms with E-state index in [1.165, 1.54) is 0 Å². The van der Waals surface area contributed by atoms with Crippen LogP contribution in [0, 0.1) is 0 Å². The van der Waals surface area contributed by atoms with Crippen molar-refractivity contribution in [3.63, 3.8) is 0 Å². The predicted octanol–water partition coefficient (Wildman–Crippen LogP) is 3.17. The van der Waals surface area contributed by atoms with E-state index in [4.69, 9.17) is 0 Å². The molecule has 0 aliphatic heterocycles. The van der Waals surface area contributed by atoms with Crippen molar-refractivity contribution >= 4 is 21.8 Å². The molecule has 0 fully saturated rings. The third-order valence-electron chi connectivity index (χ3n) is 3.97. The van der Waals surface area contributed by atoms with Crippen molar-refractivity contribution < 1.29 is 5.11 Å². The van der Waals surface area contributed by atoms with Crippen LogP contribution in [0.4, 0.5) is 0 Å². The van der Waals surface area contributed by atoms with Crippen LogP contribution in [0.3, 0.4) is 0 Å². The molecule has 0 unspecified atom stereocenters. The van der Waals surface area contributed by atoms with Crippen LogP contribution in [0.5, 0.6) is 0 Å². The fourth-order valence-corrected chi connectivity index (χ4v) is 2.84. The number of hydrogen-bond donors (Lipinski definition) is 3. The lowest BCUT2D eigenvalue weighted by atomic mass is 10.0. The fourth-order valence-electron chi connectivity index (χ4n) is 2.84. The van der Waals surface area contributed by atoms with Gasteiger partial charge in [0.15, 0.2) is 0 Å². The molecule has 0 saturated carbocycles. The highest BCUT2D eigenvalue weighted by Crippen LogP contribution is 2.27. The summed E-state index contributed by atoms with van der Waals surface area (Å²) in [7, 11) is 0. The van der Waals surface area contributed by atoms with Crippen molar-refractivity contribution in [1.82, 2.24) is 9.97 Å². The van der Waals surface area contributed by atoms with Gasteiger partial charge in [0.1, 0.15) is 0 Å². The van der Waals surface area contributed by atoms with Crippen LogP contribution in [0.2, 0.25) is 0 Å². The molecule has 2 aromatic heterocycles. The zero-order valence-electron chi connectivity index (χ0n) is 11.8. The molecule has 0 radical (unpaired) electrons. The van der Waals surface area contributed by atoms with Gasteiger partial charge in [-0.3, -0.25) is 4.79 Å². The van der Waals surface area contributed by atoms with Gasteiger partial charge in [-0.05, 0) is 29.1 Å². The number of pyridine rings is 1. The lowest BCUT2D eigenvalue weighted by molar-refractivity contribution is 0.282. The van der Waals surface area contributed by atoms with Crippen LogP contribution in [0.15, 0.2) is 59.5 Å². The van der Waals surface area contributed by atoms with E-state index >= 15 is 0 Å². The molecule has 0 spiro atoms. The van der Waals surface area contributed by atoms with Crippen molar-refractivity contribution in [3.05, 3.63) is 70.6 Å². The first-order valence-corrected chi connectivity index (χ1v) is 7.09. The lowest BCUT2D eigenvalue weighted by Crippen LogP contribution is -2.08. The Labute approximate surface area is 126 Å². The maximum Gasteiger partial charge on any atom is 0.256 e. The Morgan fingerprint density at radius 3 is 2.68 bits per heavy atom. The number of aliphatic hydroxyl groups excluding tert-OH is 1. The summed E-state index contributed by atoms with van der Waals surface area (Å²) in [6.45, 7) is -0.0395. The Morgan fingerprint density at radius 1 is 0.955 bits per heavy atom. The Balaban J connectivity index is 1.99. The average Bonchev–Trinajstić information content (AvgIpc) is 2.97. The maximum atomic E-state index is 12.4. The highest BCUT2D eigenvalue weighted by Gasteiger charge is 2.10. The van der Waals surface area contributed by atoms with Crippen LogP contribution in [-0.4, -0.2) is 15.1 Å². The topological polar surface area (TPSA) is 68.9 Å². The first kappa shape index (κ1) is 12.9. The number of aromatic nitrogens is 2. The zero-order valence-corrected chi connectivity index (χ0v) is 11.8. The molecule has 2 aromatic carbocycles. The minimum absolute atomic E-state index is 0.0395. The van der Waals surface area contributed by atoms with Gasteiger partial charge in [-0.1, -0.05) is 30.3 Å². The molecule has 0 aliphatic carbocycles. The summed E-state index contributed by atoms with van der Waals surface area (Å²) in [6.07, 6.45) is 1.86. The number of fused-ring (bicyclic) bond motifs is 2. The van der Waals surface area contributed by atoms with Crippen LogP contribution in [-0.2, 0) is 6.61 Å². The van der Waals surface area contributed by atoms with Gasteiger partial charge >= 0.3 is 0 Å². The van der Waals surface area contributed by atoms with Gasteiger partial charge in [0.05, 0.1) is 6.61 Å². The lowest BCUT2D eigenvalue weighted by Gasteiger charge is -2.04. The van der Waals surface area contributed by atoms with Gasteiger partial charge in [0, 0.05) is 33.7 Å². The summed E-state index contributed by atoms with van der Waals surface area (Å²) in [5.41, 5.74) is 3.93. The minimum Gasteiger partial charge on any atom is -0.392 e. The molecular formula is C18H14N2O2. The number of hydrogen-bond acceptors (Lipinski definition) is 2. The Bertz CT molecular complexity index is 1040. The number of para-hydroxylation sites is 1. The SMILES string of the molecule is O=c1[nH]c2cc(CO)ccc2cc1-c1c[nH]c2ccccc12. The van der Waals surface area contributed by atoms with E-state index in [0.717, 1.165) is 32.9 Å². The second kappa shape index (κ2) is 4.86. The highest BCUT2D eigenvalue weighted by atomic mass is 16.3. The Hall–Kier alpha value is -2.85. The molecule has 4 nitrogen and oxygen atoms in total. The highest BCUT2D eigenvalue weighted by molar-refractivity contribution is 5.97.